The van der Waals surface area contributed by atoms with Gasteiger partial charge in [-0.3, -0.25) is 0 Å². The van der Waals surface area contributed by atoms with Crippen LogP contribution in [0.15, 0.2) is 42.5 Å². The number of carbonyl (C=O) groups excluding carboxylic acids is 1. The van der Waals surface area contributed by atoms with E-state index in [0.29, 0.717) is 13.1 Å². The standard InChI is InChI=1S/C28H40N4O5/c1-21(36-2)19-32(17-7-6-12-24-14-13-23-11-8-16-29-26(23)30-24)18-15-25(27(33)34)31-28(35)37-20-22-9-4-3-5-10-22/h3-5,9-10,13-14,21,25H,6-8,11-12,15-20H2,1-2H3,(H,29,30)(H,31,35)(H,33,34). The molecular formula is C28H40N4O5. The molecule has 2 aromatic rings. The molecule has 1 aliphatic heterocycles. The summed E-state index contributed by atoms with van der Waals surface area (Å²) in [6.07, 6.45) is 4.61. The summed E-state index contributed by atoms with van der Waals surface area (Å²) in [6.45, 7) is 5.07. The number of rotatable bonds is 15. The van der Waals surface area contributed by atoms with Crippen molar-refractivity contribution < 1.29 is 24.2 Å². The minimum absolute atomic E-state index is 0.0143. The molecule has 9 nitrogen and oxygen atoms in total. The predicted molar refractivity (Wildman–Crippen MR) is 143 cm³/mol. The van der Waals surface area contributed by atoms with Crippen molar-refractivity contribution in [3.8, 4) is 0 Å². The quantitative estimate of drug-likeness (QED) is 0.308. The molecule has 0 fully saturated rings. The van der Waals surface area contributed by atoms with Crippen molar-refractivity contribution in [2.75, 3.05) is 38.6 Å². The van der Waals surface area contributed by atoms with Crippen molar-refractivity contribution in [2.24, 2.45) is 0 Å². The second kappa shape index (κ2) is 15.2. The zero-order valence-corrected chi connectivity index (χ0v) is 21.9. The molecule has 1 aromatic heterocycles. The minimum Gasteiger partial charge on any atom is -0.480 e. The molecule has 2 heterocycles. The van der Waals surface area contributed by atoms with Gasteiger partial charge in [-0.25, -0.2) is 14.6 Å². The molecule has 0 bridgehead atoms. The van der Waals surface area contributed by atoms with Crippen molar-refractivity contribution in [1.29, 1.82) is 0 Å². The van der Waals surface area contributed by atoms with Gasteiger partial charge in [0.2, 0.25) is 0 Å². The Hall–Kier alpha value is -3.17. The number of nitrogens with zero attached hydrogens (tertiary/aromatic N) is 2. The normalized spacial score (nSPS) is 14.4. The fourth-order valence-corrected chi connectivity index (χ4v) is 4.36. The van der Waals surface area contributed by atoms with E-state index in [1.807, 2.05) is 37.3 Å². The molecule has 1 aliphatic rings. The number of carboxylic acids is 1. The summed E-state index contributed by atoms with van der Waals surface area (Å²) in [5.41, 5.74) is 3.22. The van der Waals surface area contributed by atoms with Gasteiger partial charge >= 0.3 is 12.1 Å². The summed E-state index contributed by atoms with van der Waals surface area (Å²) in [5, 5.41) is 15.5. The van der Waals surface area contributed by atoms with E-state index >= 15 is 0 Å². The van der Waals surface area contributed by atoms with Crippen molar-refractivity contribution in [3.63, 3.8) is 0 Å². The van der Waals surface area contributed by atoms with Gasteiger partial charge < -0.3 is 30.1 Å². The molecule has 0 spiro atoms. The average molecular weight is 513 g/mol. The van der Waals surface area contributed by atoms with Crippen molar-refractivity contribution in [1.82, 2.24) is 15.2 Å². The number of anilines is 1. The number of ether oxygens (including phenoxy) is 2. The summed E-state index contributed by atoms with van der Waals surface area (Å²) in [7, 11) is 1.67. The van der Waals surface area contributed by atoms with E-state index in [1.54, 1.807) is 7.11 Å². The number of nitrogens with one attached hydrogen (secondary N) is 2. The zero-order valence-electron chi connectivity index (χ0n) is 21.9. The van der Waals surface area contributed by atoms with Crippen LogP contribution in [0.5, 0.6) is 0 Å². The van der Waals surface area contributed by atoms with E-state index in [1.165, 1.54) is 5.56 Å². The highest BCUT2D eigenvalue weighted by molar-refractivity contribution is 5.79. The number of aryl methyl sites for hydroxylation is 2. The molecular weight excluding hydrogens is 472 g/mol. The molecule has 1 aromatic carbocycles. The van der Waals surface area contributed by atoms with Crippen LogP contribution in [0.4, 0.5) is 10.6 Å². The molecule has 0 saturated heterocycles. The number of carboxylic acid groups (broad SMARTS) is 1. The lowest BCUT2D eigenvalue weighted by atomic mass is 10.1. The highest BCUT2D eigenvalue weighted by Crippen LogP contribution is 2.20. The van der Waals surface area contributed by atoms with Gasteiger partial charge in [0.15, 0.2) is 0 Å². The molecule has 2 atom stereocenters. The number of carbonyl (C=O) groups is 2. The first-order valence-electron chi connectivity index (χ1n) is 13.1. The van der Waals surface area contributed by atoms with Gasteiger partial charge in [0.05, 0.1) is 6.10 Å². The van der Waals surface area contributed by atoms with Crippen molar-refractivity contribution >= 4 is 17.9 Å². The Balaban J connectivity index is 1.45. The molecule has 2 unspecified atom stereocenters. The summed E-state index contributed by atoms with van der Waals surface area (Å²) in [5.74, 6) is -0.0581. The summed E-state index contributed by atoms with van der Waals surface area (Å²) >= 11 is 0. The molecule has 37 heavy (non-hydrogen) atoms. The van der Waals surface area contributed by atoms with Gasteiger partial charge in [-0.2, -0.15) is 0 Å². The Bertz CT molecular complexity index is 988. The maximum absolute atomic E-state index is 12.2. The third kappa shape index (κ3) is 10.0. The largest absolute Gasteiger partial charge is 0.480 e. The van der Waals surface area contributed by atoms with E-state index in [-0.39, 0.29) is 19.1 Å². The highest BCUT2D eigenvalue weighted by atomic mass is 16.5. The molecule has 9 heteroatoms. The topological polar surface area (TPSA) is 113 Å². The Morgan fingerprint density at radius 1 is 1.16 bits per heavy atom. The van der Waals surface area contributed by atoms with Gasteiger partial charge in [0.25, 0.3) is 0 Å². The number of benzene rings is 1. The molecule has 3 rings (SSSR count). The SMILES string of the molecule is COC(C)CN(CCCCc1ccc2c(n1)NCCC2)CCC(NC(=O)OCc1ccccc1)C(=O)O. The molecule has 0 radical (unpaired) electrons. The summed E-state index contributed by atoms with van der Waals surface area (Å²) < 4.78 is 10.6. The number of unbranched alkanes of at least 4 members (excludes halogenated alkanes) is 1. The van der Waals surface area contributed by atoms with E-state index in [9.17, 15) is 14.7 Å². The first-order valence-corrected chi connectivity index (χ1v) is 13.1. The van der Waals surface area contributed by atoms with Crippen LogP contribution in [0.1, 0.15) is 49.4 Å². The maximum atomic E-state index is 12.2. The van der Waals surface area contributed by atoms with Gasteiger partial charge in [-0.15, -0.1) is 0 Å². The van der Waals surface area contributed by atoms with Crippen LogP contribution in [0.3, 0.4) is 0 Å². The van der Waals surface area contributed by atoms with Crippen LogP contribution in [0.2, 0.25) is 0 Å². The fourth-order valence-electron chi connectivity index (χ4n) is 4.36. The summed E-state index contributed by atoms with van der Waals surface area (Å²) in [6, 6.07) is 12.5. The molecule has 1 amide bonds. The van der Waals surface area contributed by atoms with Crippen LogP contribution in [0, 0.1) is 0 Å². The first-order chi connectivity index (χ1) is 17.9. The number of pyridine rings is 1. The minimum atomic E-state index is -1.08. The lowest BCUT2D eigenvalue weighted by Crippen LogP contribution is -2.44. The van der Waals surface area contributed by atoms with Crippen LogP contribution >= 0.6 is 0 Å². The number of amides is 1. The lowest BCUT2D eigenvalue weighted by Gasteiger charge is -2.26. The zero-order chi connectivity index (χ0) is 26.5. The third-order valence-corrected chi connectivity index (χ3v) is 6.56. The smallest absolute Gasteiger partial charge is 0.408 e. The monoisotopic (exact) mass is 512 g/mol. The Morgan fingerprint density at radius 2 is 1.97 bits per heavy atom. The van der Waals surface area contributed by atoms with Crippen molar-refractivity contribution in [3.05, 3.63) is 59.3 Å². The Kier molecular flexibility index (Phi) is 11.6. The second-order valence-electron chi connectivity index (χ2n) is 9.53. The number of aliphatic carboxylic acids is 1. The van der Waals surface area contributed by atoms with E-state index < -0.39 is 18.1 Å². The van der Waals surface area contributed by atoms with Crippen LogP contribution in [-0.4, -0.2) is 72.5 Å². The Labute approximate surface area is 219 Å². The summed E-state index contributed by atoms with van der Waals surface area (Å²) in [4.78, 5) is 31.0. The number of alkyl carbamates (subject to hydrolysis) is 1. The number of aromatic nitrogens is 1. The number of methoxy groups -OCH3 is 1. The highest BCUT2D eigenvalue weighted by Gasteiger charge is 2.22. The fraction of sp³-hybridized carbons (Fsp3) is 0.536. The number of hydrogen-bond acceptors (Lipinski definition) is 7. The second-order valence-corrected chi connectivity index (χ2v) is 9.53. The Morgan fingerprint density at radius 3 is 2.73 bits per heavy atom. The molecule has 202 valence electrons. The lowest BCUT2D eigenvalue weighted by molar-refractivity contribution is -0.139. The van der Waals surface area contributed by atoms with Gasteiger partial charge in [0, 0.05) is 32.4 Å². The van der Waals surface area contributed by atoms with E-state index in [0.717, 1.165) is 62.3 Å². The van der Waals surface area contributed by atoms with Crippen LogP contribution < -0.4 is 10.6 Å². The van der Waals surface area contributed by atoms with Crippen LogP contribution in [0.25, 0.3) is 0 Å². The van der Waals surface area contributed by atoms with E-state index in [4.69, 9.17) is 14.5 Å². The van der Waals surface area contributed by atoms with Gasteiger partial charge in [-0.05, 0) is 69.2 Å². The maximum Gasteiger partial charge on any atom is 0.408 e. The molecule has 3 N–H and O–H groups in total. The van der Waals surface area contributed by atoms with Crippen LogP contribution in [-0.2, 0) is 33.7 Å². The number of fused-ring (bicyclic) bond motifs is 1. The number of hydrogen-bond donors (Lipinski definition) is 3. The van der Waals surface area contributed by atoms with E-state index in [2.05, 4.69) is 27.7 Å². The van der Waals surface area contributed by atoms with Gasteiger partial charge in [0.1, 0.15) is 18.5 Å². The van der Waals surface area contributed by atoms with Gasteiger partial charge in [-0.1, -0.05) is 36.4 Å². The first kappa shape index (κ1) is 28.4. The molecule has 0 aliphatic carbocycles. The third-order valence-electron chi connectivity index (χ3n) is 6.56. The molecule has 0 saturated carbocycles. The predicted octanol–water partition coefficient (Wildman–Crippen LogP) is 3.87. The van der Waals surface area contributed by atoms with Crippen molar-refractivity contribution in [2.45, 2.75) is 64.2 Å². The average Bonchev–Trinajstić information content (AvgIpc) is 2.92.